The highest BCUT2D eigenvalue weighted by molar-refractivity contribution is 6.30. The van der Waals surface area contributed by atoms with Gasteiger partial charge >= 0.3 is 6.01 Å². The third-order valence-electron chi connectivity index (χ3n) is 11.9. The largest absolute Gasteiger partial charge is 0.481 e. The van der Waals surface area contributed by atoms with Crippen molar-refractivity contribution in [1.82, 2.24) is 9.97 Å². The Labute approximate surface area is 357 Å². The Kier molecular flexibility index (Phi) is 12.1. The maximum Gasteiger partial charge on any atom is 0.320 e. The molecule has 1 aliphatic carbocycles. The standard InChI is InChI=1S/C52H49ClN2O5/c1-57-47-45(46(53)54-48(55-47)58-2)50(56)35-21-34-49(36-50,37-59-51(39-22-9-3-10-23-39,40-24-11-4-12-25-40)41-26-13-5-14-27-41)38-60-52(42-28-15-6-16-29-42,43-30-17-7-18-31-43)44-32-19-8-20-33-44/h3-20,22-33,56H,21,34-38H2,1-2H3. The van der Waals surface area contributed by atoms with Gasteiger partial charge in [-0.05, 0) is 59.1 Å². The number of nitrogens with zero attached hydrogens (tertiary/aromatic N) is 2. The van der Waals surface area contributed by atoms with Crippen molar-refractivity contribution in [2.24, 2.45) is 5.41 Å². The third kappa shape index (κ3) is 7.82. The van der Waals surface area contributed by atoms with E-state index in [1.54, 1.807) is 0 Å². The van der Waals surface area contributed by atoms with Crippen molar-refractivity contribution in [3.8, 4) is 11.9 Å². The number of halogens is 1. The molecule has 60 heavy (non-hydrogen) atoms. The van der Waals surface area contributed by atoms with Crippen LogP contribution in [0.15, 0.2) is 182 Å². The van der Waals surface area contributed by atoms with Gasteiger partial charge in [0.15, 0.2) is 0 Å². The van der Waals surface area contributed by atoms with E-state index in [4.69, 9.17) is 30.5 Å². The van der Waals surface area contributed by atoms with Gasteiger partial charge in [-0.15, -0.1) is 0 Å². The highest BCUT2D eigenvalue weighted by Crippen LogP contribution is 2.54. The Morgan fingerprint density at radius 3 is 1.18 bits per heavy atom. The molecule has 1 heterocycles. The fourth-order valence-corrected chi connectivity index (χ4v) is 9.47. The van der Waals surface area contributed by atoms with Crippen LogP contribution < -0.4 is 9.47 Å². The first kappa shape index (κ1) is 40.9. The zero-order valence-electron chi connectivity index (χ0n) is 33.9. The Bertz CT molecular complexity index is 2120. The molecule has 0 bridgehead atoms. The van der Waals surface area contributed by atoms with Gasteiger partial charge in [0.1, 0.15) is 16.4 Å². The van der Waals surface area contributed by atoms with Gasteiger partial charge in [0.25, 0.3) is 0 Å². The lowest BCUT2D eigenvalue weighted by atomic mass is 9.66. The summed E-state index contributed by atoms with van der Waals surface area (Å²) < 4.78 is 26.5. The smallest absolute Gasteiger partial charge is 0.320 e. The monoisotopic (exact) mass is 816 g/mol. The van der Waals surface area contributed by atoms with E-state index in [0.29, 0.717) is 24.8 Å². The third-order valence-corrected chi connectivity index (χ3v) is 12.2. The first-order valence-electron chi connectivity index (χ1n) is 20.4. The topological polar surface area (TPSA) is 82.9 Å². The van der Waals surface area contributed by atoms with Crippen LogP contribution in [0.5, 0.6) is 11.9 Å². The molecule has 0 amide bonds. The van der Waals surface area contributed by atoms with Crippen LogP contribution >= 0.6 is 11.6 Å². The van der Waals surface area contributed by atoms with E-state index in [2.05, 4.69) is 82.8 Å². The minimum Gasteiger partial charge on any atom is -0.481 e. The molecule has 7 nitrogen and oxygen atoms in total. The van der Waals surface area contributed by atoms with E-state index in [1.807, 2.05) is 109 Å². The average molecular weight is 817 g/mol. The van der Waals surface area contributed by atoms with Crippen molar-refractivity contribution in [2.45, 2.75) is 42.5 Å². The molecule has 0 radical (unpaired) electrons. The molecular formula is C52H49ClN2O5. The highest BCUT2D eigenvalue weighted by atomic mass is 35.5. The predicted molar refractivity (Wildman–Crippen MR) is 235 cm³/mol. The van der Waals surface area contributed by atoms with Crippen LogP contribution in [0.1, 0.15) is 64.6 Å². The first-order valence-corrected chi connectivity index (χ1v) is 20.7. The summed E-state index contributed by atoms with van der Waals surface area (Å²) in [6.45, 7) is 0.388. The molecule has 1 fully saturated rings. The molecule has 304 valence electrons. The lowest BCUT2D eigenvalue weighted by Gasteiger charge is -2.49. The molecular weight excluding hydrogens is 768 g/mol. The van der Waals surface area contributed by atoms with E-state index in [9.17, 15) is 5.11 Å². The van der Waals surface area contributed by atoms with Gasteiger partial charge in [-0.2, -0.15) is 9.97 Å². The van der Waals surface area contributed by atoms with Crippen molar-refractivity contribution < 1.29 is 24.1 Å². The summed E-state index contributed by atoms with van der Waals surface area (Å²) in [5.74, 6) is 0.159. The predicted octanol–water partition coefficient (Wildman–Crippen LogP) is 10.9. The van der Waals surface area contributed by atoms with Gasteiger partial charge in [-0.3, -0.25) is 0 Å². The van der Waals surface area contributed by atoms with Gasteiger partial charge in [-0.1, -0.05) is 194 Å². The summed E-state index contributed by atoms with van der Waals surface area (Å²) >= 11 is 6.95. The van der Waals surface area contributed by atoms with E-state index in [1.165, 1.54) is 14.2 Å². The van der Waals surface area contributed by atoms with Crippen LogP contribution in [0.3, 0.4) is 0 Å². The van der Waals surface area contributed by atoms with Gasteiger partial charge in [-0.25, -0.2) is 0 Å². The Balaban J connectivity index is 1.32. The minimum atomic E-state index is -1.52. The van der Waals surface area contributed by atoms with Crippen molar-refractivity contribution in [3.63, 3.8) is 0 Å². The number of aliphatic hydroxyl groups is 1. The molecule has 1 N–H and O–H groups in total. The van der Waals surface area contributed by atoms with Gasteiger partial charge in [0.05, 0.1) is 38.6 Å². The fraction of sp³-hybridized carbons (Fsp3) is 0.231. The summed E-state index contributed by atoms with van der Waals surface area (Å²) in [5.41, 5.74) is 1.79. The minimum absolute atomic E-state index is 0.0506. The van der Waals surface area contributed by atoms with Crippen molar-refractivity contribution >= 4 is 11.6 Å². The number of methoxy groups -OCH3 is 2. The number of benzene rings is 6. The number of rotatable bonds is 15. The van der Waals surface area contributed by atoms with Gasteiger partial charge in [0.2, 0.25) is 5.88 Å². The van der Waals surface area contributed by atoms with Crippen molar-refractivity contribution in [2.75, 3.05) is 27.4 Å². The summed E-state index contributed by atoms with van der Waals surface area (Å²) in [5, 5.41) is 13.2. The Morgan fingerprint density at radius 2 is 0.867 bits per heavy atom. The number of hydrogen-bond acceptors (Lipinski definition) is 7. The summed E-state index contributed by atoms with van der Waals surface area (Å²) in [7, 11) is 2.98. The number of hydrogen-bond donors (Lipinski definition) is 1. The molecule has 1 aliphatic rings. The van der Waals surface area contributed by atoms with Gasteiger partial charge in [0, 0.05) is 5.41 Å². The molecule has 6 aromatic carbocycles. The molecule has 0 aliphatic heterocycles. The average Bonchev–Trinajstić information content (AvgIpc) is 3.31. The van der Waals surface area contributed by atoms with Gasteiger partial charge < -0.3 is 24.1 Å². The molecule has 8 heteroatoms. The molecule has 0 saturated heterocycles. The first-order chi connectivity index (χ1) is 29.4. The molecule has 1 aromatic heterocycles. The molecule has 8 rings (SSSR count). The Hall–Kier alpha value is -5.83. The van der Waals surface area contributed by atoms with Crippen LogP contribution in [0.2, 0.25) is 5.15 Å². The van der Waals surface area contributed by atoms with Crippen LogP contribution in [-0.4, -0.2) is 42.5 Å². The number of ether oxygens (including phenoxy) is 4. The molecule has 7 aromatic rings. The van der Waals surface area contributed by atoms with E-state index in [0.717, 1.165) is 33.4 Å². The quantitative estimate of drug-likeness (QED) is 0.0815. The molecule has 1 unspecified atom stereocenters. The zero-order valence-corrected chi connectivity index (χ0v) is 34.7. The van der Waals surface area contributed by atoms with E-state index in [-0.39, 0.29) is 36.7 Å². The maximum absolute atomic E-state index is 13.1. The van der Waals surface area contributed by atoms with Crippen molar-refractivity contribution in [3.05, 3.63) is 226 Å². The fourth-order valence-electron chi connectivity index (χ4n) is 9.14. The maximum atomic E-state index is 13.1. The normalized spacial score (nSPS) is 16.5. The molecule has 1 atom stereocenters. The van der Waals surface area contributed by atoms with Crippen molar-refractivity contribution in [1.29, 1.82) is 0 Å². The number of aromatic nitrogens is 2. The summed E-state index contributed by atoms with van der Waals surface area (Å²) in [6.07, 6.45) is 1.89. The summed E-state index contributed by atoms with van der Waals surface area (Å²) in [6, 6.07) is 62.1. The second kappa shape index (κ2) is 17.8. The van der Waals surface area contributed by atoms with Crippen LogP contribution in [0.25, 0.3) is 0 Å². The molecule has 1 saturated carbocycles. The van der Waals surface area contributed by atoms with Crippen LogP contribution in [0.4, 0.5) is 0 Å². The highest BCUT2D eigenvalue weighted by Gasteiger charge is 2.52. The Morgan fingerprint density at radius 1 is 0.517 bits per heavy atom. The molecule has 0 spiro atoms. The van der Waals surface area contributed by atoms with E-state index < -0.39 is 22.2 Å². The summed E-state index contributed by atoms with van der Waals surface area (Å²) in [4.78, 5) is 8.89. The van der Waals surface area contributed by atoms with Crippen LogP contribution in [0, 0.1) is 5.41 Å². The SMILES string of the molecule is COc1nc(Cl)c(C2(O)CCCC(COC(c3ccccc3)(c3ccccc3)c3ccccc3)(COC(c3ccccc3)(c3ccccc3)c3ccccc3)C2)c(OC)n1. The zero-order chi connectivity index (χ0) is 41.5. The van der Waals surface area contributed by atoms with E-state index >= 15 is 0 Å². The lowest BCUT2D eigenvalue weighted by molar-refractivity contribution is -0.150. The lowest BCUT2D eigenvalue weighted by Crippen LogP contribution is -2.49. The second-order valence-corrected chi connectivity index (χ2v) is 15.9. The second-order valence-electron chi connectivity index (χ2n) is 15.6. The van der Waals surface area contributed by atoms with Crippen LogP contribution in [-0.2, 0) is 26.3 Å².